The molecule has 0 radical (unpaired) electrons. The SMILES string of the molecule is Cc1cc(C)c2oc(-c3cc(NC(=O)c4cccc(I)c4)ccc3O)nc2c1. The maximum absolute atomic E-state index is 12.5. The van der Waals surface area contributed by atoms with Gasteiger partial charge < -0.3 is 14.8 Å². The molecule has 0 unspecified atom stereocenters. The number of nitrogens with one attached hydrogen (secondary N) is 1. The summed E-state index contributed by atoms with van der Waals surface area (Å²) in [6, 6.07) is 16.1. The van der Waals surface area contributed by atoms with Crippen LogP contribution in [-0.4, -0.2) is 16.0 Å². The highest BCUT2D eigenvalue weighted by atomic mass is 127. The zero-order chi connectivity index (χ0) is 19.8. The first-order chi connectivity index (χ1) is 13.4. The first-order valence-electron chi connectivity index (χ1n) is 8.69. The van der Waals surface area contributed by atoms with Crippen LogP contribution < -0.4 is 5.32 Å². The van der Waals surface area contributed by atoms with Gasteiger partial charge in [0.05, 0.1) is 5.56 Å². The molecule has 6 heteroatoms. The van der Waals surface area contributed by atoms with Crippen molar-refractivity contribution in [3.8, 4) is 17.2 Å². The van der Waals surface area contributed by atoms with E-state index in [9.17, 15) is 9.90 Å². The summed E-state index contributed by atoms with van der Waals surface area (Å²) in [4.78, 5) is 17.0. The number of benzene rings is 3. The minimum absolute atomic E-state index is 0.0354. The van der Waals surface area contributed by atoms with E-state index in [2.05, 4.69) is 32.9 Å². The number of nitrogens with zero attached hydrogens (tertiary/aromatic N) is 1. The molecule has 1 heterocycles. The van der Waals surface area contributed by atoms with Crippen LogP contribution in [0, 0.1) is 17.4 Å². The van der Waals surface area contributed by atoms with E-state index in [1.165, 1.54) is 6.07 Å². The van der Waals surface area contributed by atoms with Crippen LogP contribution in [0.2, 0.25) is 0 Å². The fourth-order valence-corrected chi connectivity index (χ4v) is 3.65. The van der Waals surface area contributed by atoms with Crippen LogP contribution in [0.1, 0.15) is 21.5 Å². The Morgan fingerprint density at radius 1 is 1.11 bits per heavy atom. The highest BCUT2D eigenvalue weighted by Gasteiger charge is 2.16. The maximum Gasteiger partial charge on any atom is 0.255 e. The van der Waals surface area contributed by atoms with Crippen LogP contribution in [-0.2, 0) is 0 Å². The van der Waals surface area contributed by atoms with Crippen LogP contribution in [0.25, 0.3) is 22.6 Å². The molecule has 0 saturated carbocycles. The number of oxazole rings is 1. The third kappa shape index (κ3) is 3.60. The van der Waals surface area contributed by atoms with Crippen molar-refractivity contribution in [3.05, 3.63) is 74.9 Å². The Kier molecular flexibility index (Phi) is 4.80. The fourth-order valence-electron chi connectivity index (χ4n) is 3.11. The Labute approximate surface area is 175 Å². The Morgan fingerprint density at radius 2 is 1.93 bits per heavy atom. The largest absolute Gasteiger partial charge is 0.507 e. The van der Waals surface area contributed by atoms with Crippen LogP contribution in [0.3, 0.4) is 0 Å². The second kappa shape index (κ2) is 7.27. The van der Waals surface area contributed by atoms with Crippen molar-refractivity contribution in [2.75, 3.05) is 5.32 Å². The summed E-state index contributed by atoms with van der Waals surface area (Å²) in [5.41, 5.74) is 5.03. The van der Waals surface area contributed by atoms with Crippen molar-refractivity contribution in [2.24, 2.45) is 0 Å². The predicted molar refractivity (Wildman–Crippen MR) is 118 cm³/mol. The van der Waals surface area contributed by atoms with Crippen molar-refractivity contribution in [2.45, 2.75) is 13.8 Å². The fraction of sp³-hybridized carbons (Fsp3) is 0.0909. The summed E-state index contributed by atoms with van der Waals surface area (Å²) in [5, 5.41) is 13.2. The molecule has 0 fully saturated rings. The summed E-state index contributed by atoms with van der Waals surface area (Å²) in [5.74, 6) is 0.124. The number of halogens is 1. The van der Waals surface area contributed by atoms with E-state index in [1.54, 1.807) is 18.2 Å². The van der Waals surface area contributed by atoms with E-state index in [0.29, 0.717) is 28.3 Å². The van der Waals surface area contributed by atoms with Gasteiger partial charge in [0.2, 0.25) is 5.89 Å². The quantitative estimate of drug-likeness (QED) is 0.290. The lowest BCUT2D eigenvalue weighted by atomic mass is 10.1. The van der Waals surface area contributed by atoms with E-state index in [1.807, 2.05) is 44.2 Å². The third-order valence-corrected chi connectivity index (χ3v) is 5.06. The molecule has 2 N–H and O–H groups in total. The van der Waals surface area contributed by atoms with E-state index in [4.69, 9.17) is 4.42 Å². The van der Waals surface area contributed by atoms with E-state index >= 15 is 0 Å². The Bertz CT molecular complexity index is 1210. The first kappa shape index (κ1) is 18.5. The maximum atomic E-state index is 12.5. The molecule has 3 aromatic carbocycles. The number of hydrogen-bond acceptors (Lipinski definition) is 4. The summed E-state index contributed by atoms with van der Waals surface area (Å²) in [6.07, 6.45) is 0. The van der Waals surface area contributed by atoms with E-state index in [-0.39, 0.29) is 11.7 Å². The second-order valence-electron chi connectivity index (χ2n) is 6.65. The van der Waals surface area contributed by atoms with Gasteiger partial charge >= 0.3 is 0 Å². The summed E-state index contributed by atoms with van der Waals surface area (Å²) in [7, 11) is 0. The lowest BCUT2D eigenvalue weighted by Gasteiger charge is -2.08. The standard InChI is InChI=1S/C22H17IN2O3/c1-12-8-13(2)20-18(9-12)25-22(28-20)17-11-16(6-7-19(17)26)24-21(27)14-4-3-5-15(23)10-14/h3-11,26H,1-2H3,(H,24,27). The molecule has 4 rings (SSSR count). The molecule has 1 amide bonds. The lowest BCUT2D eigenvalue weighted by Crippen LogP contribution is -2.11. The van der Waals surface area contributed by atoms with Crippen molar-refractivity contribution >= 4 is 45.3 Å². The molecule has 0 spiro atoms. The van der Waals surface area contributed by atoms with Gasteiger partial charge in [-0.3, -0.25) is 4.79 Å². The van der Waals surface area contributed by atoms with E-state index in [0.717, 1.165) is 20.2 Å². The number of aryl methyl sites for hydroxylation is 2. The average Bonchev–Trinajstić information content (AvgIpc) is 3.07. The molecule has 28 heavy (non-hydrogen) atoms. The summed E-state index contributed by atoms with van der Waals surface area (Å²) < 4.78 is 6.88. The average molecular weight is 484 g/mol. The molecule has 0 aliphatic rings. The predicted octanol–water partition coefficient (Wildman–Crippen LogP) is 5.67. The topological polar surface area (TPSA) is 75.4 Å². The third-order valence-electron chi connectivity index (χ3n) is 4.39. The van der Waals surface area contributed by atoms with Crippen LogP contribution in [0.4, 0.5) is 5.69 Å². The number of phenolic OH excluding ortho intramolecular Hbond substituents is 1. The van der Waals surface area contributed by atoms with Gasteiger partial charge in [-0.15, -0.1) is 0 Å². The van der Waals surface area contributed by atoms with Crippen LogP contribution >= 0.6 is 22.6 Å². The van der Waals surface area contributed by atoms with Gasteiger partial charge in [0.1, 0.15) is 11.3 Å². The Balaban J connectivity index is 1.70. The molecule has 0 atom stereocenters. The molecule has 140 valence electrons. The molecular formula is C22H17IN2O3. The molecule has 0 aliphatic heterocycles. The first-order valence-corrected chi connectivity index (χ1v) is 9.77. The zero-order valence-corrected chi connectivity index (χ0v) is 17.4. The van der Waals surface area contributed by atoms with Gasteiger partial charge in [0, 0.05) is 14.8 Å². The van der Waals surface area contributed by atoms with Crippen molar-refractivity contribution in [1.82, 2.24) is 4.98 Å². The lowest BCUT2D eigenvalue weighted by molar-refractivity contribution is 0.102. The van der Waals surface area contributed by atoms with Gasteiger partial charge in [-0.2, -0.15) is 0 Å². The van der Waals surface area contributed by atoms with E-state index < -0.39 is 0 Å². The number of aromatic hydroxyl groups is 1. The monoisotopic (exact) mass is 484 g/mol. The number of fused-ring (bicyclic) bond motifs is 1. The van der Waals surface area contributed by atoms with Crippen LogP contribution in [0.5, 0.6) is 5.75 Å². The molecule has 0 aliphatic carbocycles. The van der Waals surface area contributed by atoms with Gasteiger partial charge in [-0.1, -0.05) is 12.1 Å². The van der Waals surface area contributed by atoms with Crippen LogP contribution in [0.15, 0.2) is 59.0 Å². The number of hydrogen-bond donors (Lipinski definition) is 2. The molecule has 0 saturated heterocycles. The minimum atomic E-state index is -0.223. The number of rotatable bonds is 3. The normalized spacial score (nSPS) is 11.0. The second-order valence-corrected chi connectivity index (χ2v) is 7.89. The number of carbonyl (C=O) groups excluding carboxylic acids is 1. The smallest absolute Gasteiger partial charge is 0.255 e. The van der Waals surface area contributed by atoms with Crippen molar-refractivity contribution in [1.29, 1.82) is 0 Å². The molecular weight excluding hydrogens is 467 g/mol. The van der Waals surface area contributed by atoms with Crippen molar-refractivity contribution in [3.63, 3.8) is 0 Å². The molecule has 4 aromatic rings. The number of phenols is 1. The molecule has 0 bridgehead atoms. The highest BCUT2D eigenvalue weighted by Crippen LogP contribution is 2.34. The van der Waals surface area contributed by atoms with Gasteiger partial charge in [0.25, 0.3) is 5.91 Å². The van der Waals surface area contributed by atoms with Gasteiger partial charge in [-0.25, -0.2) is 4.98 Å². The van der Waals surface area contributed by atoms with Crippen molar-refractivity contribution < 1.29 is 14.3 Å². The molecule has 1 aromatic heterocycles. The summed E-state index contributed by atoms with van der Waals surface area (Å²) >= 11 is 2.16. The Hall–Kier alpha value is -2.87. The Morgan fingerprint density at radius 3 is 2.71 bits per heavy atom. The molecule has 5 nitrogen and oxygen atoms in total. The van der Waals surface area contributed by atoms with Gasteiger partial charge in [0.15, 0.2) is 5.58 Å². The summed E-state index contributed by atoms with van der Waals surface area (Å²) in [6.45, 7) is 3.96. The number of anilines is 1. The zero-order valence-electron chi connectivity index (χ0n) is 15.3. The van der Waals surface area contributed by atoms with Gasteiger partial charge in [-0.05, 0) is 90.0 Å². The highest BCUT2D eigenvalue weighted by molar-refractivity contribution is 14.1. The number of carbonyl (C=O) groups is 1. The number of amides is 1. The minimum Gasteiger partial charge on any atom is -0.507 e. The number of aromatic nitrogens is 1.